The Kier molecular flexibility index (Phi) is 2.39. The highest BCUT2D eigenvalue weighted by Crippen LogP contribution is 2.36. The van der Waals surface area contributed by atoms with Gasteiger partial charge in [0.1, 0.15) is 6.61 Å². The van der Waals surface area contributed by atoms with Gasteiger partial charge in [-0.25, -0.2) is 0 Å². The number of hydrogen-bond donors (Lipinski definition) is 1. The summed E-state index contributed by atoms with van der Waals surface area (Å²) in [4.78, 5) is 0. The number of ether oxygens (including phenoxy) is 1. The highest BCUT2D eigenvalue weighted by atomic mass is 16.6. The van der Waals surface area contributed by atoms with E-state index < -0.39 is 0 Å². The Bertz CT molecular complexity index is 413. The first-order valence-electron chi connectivity index (χ1n) is 5.49. The van der Waals surface area contributed by atoms with Crippen molar-refractivity contribution in [1.82, 2.24) is 0 Å². The van der Waals surface area contributed by atoms with E-state index in [1.54, 1.807) is 6.26 Å². The molecule has 0 aromatic heterocycles. The quantitative estimate of drug-likeness (QED) is 0.654. The average molecular weight is 219 g/mol. The monoisotopic (exact) mass is 219 g/mol. The van der Waals surface area contributed by atoms with Crippen LogP contribution in [-0.4, -0.2) is 33.0 Å². The second-order valence-corrected chi connectivity index (χ2v) is 4.23. The first kappa shape index (κ1) is 10.1. The number of nitrogens with two attached hydrogens (primary N) is 1. The van der Waals surface area contributed by atoms with Crippen LogP contribution in [0.5, 0.6) is 0 Å². The van der Waals surface area contributed by atoms with Crippen LogP contribution in [0.25, 0.3) is 0 Å². The van der Waals surface area contributed by atoms with Crippen LogP contribution in [0.15, 0.2) is 34.5 Å². The van der Waals surface area contributed by atoms with Crippen LogP contribution in [0, 0.1) is 0 Å². The van der Waals surface area contributed by atoms with Crippen LogP contribution in [-0.2, 0) is 14.0 Å². The van der Waals surface area contributed by atoms with Gasteiger partial charge in [0.05, 0.1) is 19.0 Å². The van der Waals surface area contributed by atoms with Crippen molar-refractivity contribution in [3.8, 4) is 0 Å². The molecule has 0 radical (unpaired) electrons. The first-order valence-corrected chi connectivity index (χ1v) is 5.49. The van der Waals surface area contributed by atoms with E-state index in [1.807, 2.05) is 6.08 Å². The smallest absolute Gasteiger partial charge is 0.495 e. The average Bonchev–Trinajstić information content (AvgIpc) is 2.57. The van der Waals surface area contributed by atoms with E-state index in [4.69, 9.17) is 19.8 Å². The molecule has 0 aromatic rings. The lowest BCUT2D eigenvalue weighted by Crippen LogP contribution is -2.38. The van der Waals surface area contributed by atoms with E-state index in [0.717, 1.165) is 5.47 Å². The third kappa shape index (κ3) is 1.36. The summed E-state index contributed by atoms with van der Waals surface area (Å²) in [5.74, 6) is 0. The van der Waals surface area contributed by atoms with Gasteiger partial charge in [-0.2, -0.15) is 0 Å². The lowest BCUT2D eigenvalue weighted by molar-refractivity contribution is 0.175. The van der Waals surface area contributed by atoms with Crippen molar-refractivity contribution in [2.75, 3.05) is 19.8 Å². The molecule has 0 spiro atoms. The van der Waals surface area contributed by atoms with Crippen molar-refractivity contribution in [3.63, 3.8) is 0 Å². The molecule has 0 aromatic carbocycles. The maximum absolute atomic E-state index is 5.81. The molecule has 0 saturated carbocycles. The standard InChI is InChI=1S/C11H14BNO3/c1-7-9-2-3-14-5-8-6-15-12(11(8)9)16-10(7)4-13/h2-3,10H,4-6,13H2,1H3/t10-/m1/s1. The fourth-order valence-electron chi connectivity index (χ4n) is 2.40. The molecule has 0 bridgehead atoms. The second-order valence-electron chi connectivity index (χ2n) is 4.23. The molecule has 5 heteroatoms. The SMILES string of the molecule is CC1=C2C=COCC3=C2B(OC3)O[C@@H]1CN. The summed E-state index contributed by atoms with van der Waals surface area (Å²) in [5, 5.41) is 0. The van der Waals surface area contributed by atoms with Crippen LogP contribution >= 0.6 is 0 Å². The minimum absolute atomic E-state index is 0.0501. The Morgan fingerprint density at radius 2 is 2.38 bits per heavy atom. The summed E-state index contributed by atoms with van der Waals surface area (Å²) in [6, 6.07) is 0. The first-order chi connectivity index (χ1) is 7.81. The van der Waals surface area contributed by atoms with Crippen molar-refractivity contribution in [1.29, 1.82) is 0 Å². The Hall–Kier alpha value is -1.04. The Labute approximate surface area is 94.9 Å². The van der Waals surface area contributed by atoms with Gasteiger partial charge in [-0.05, 0) is 35.2 Å². The zero-order chi connectivity index (χ0) is 11.1. The van der Waals surface area contributed by atoms with Crippen molar-refractivity contribution < 1.29 is 14.0 Å². The van der Waals surface area contributed by atoms with E-state index in [9.17, 15) is 0 Å². The van der Waals surface area contributed by atoms with Crippen LogP contribution in [0.1, 0.15) is 6.92 Å². The van der Waals surface area contributed by atoms with E-state index in [0.29, 0.717) is 19.8 Å². The Morgan fingerprint density at radius 1 is 1.50 bits per heavy atom. The van der Waals surface area contributed by atoms with E-state index >= 15 is 0 Å². The molecule has 84 valence electrons. The molecular weight excluding hydrogens is 205 g/mol. The Balaban J connectivity index is 2.13. The predicted molar refractivity (Wildman–Crippen MR) is 60.5 cm³/mol. The fraction of sp³-hybridized carbons (Fsp3) is 0.455. The molecule has 16 heavy (non-hydrogen) atoms. The molecule has 1 atom stereocenters. The third-order valence-corrected chi connectivity index (χ3v) is 3.31. The molecule has 3 aliphatic rings. The molecule has 2 N–H and O–H groups in total. The van der Waals surface area contributed by atoms with Crippen molar-refractivity contribution in [2.24, 2.45) is 5.73 Å². The summed E-state index contributed by atoms with van der Waals surface area (Å²) < 4.78 is 16.8. The van der Waals surface area contributed by atoms with Gasteiger partial charge in [-0.1, -0.05) is 0 Å². The lowest BCUT2D eigenvalue weighted by atomic mass is 9.69. The molecule has 3 aliphatic heterocycles. The van der Waals surface area contributed by atoms with Gasteiger partial charge in [0.2, 0.25) is 0 Å². The number of hydrogen-bond acceptors (Lipinski definition) is 4. The molecule has 0 aliphatic carbocycles. The minimum Gasteiger partial charge on any atom is -0.497 e. The summed E-state index contributed by atoms with van der Waals surface area (Å²) in [5.41, 5.74) is 10.4. The normalized spacial score (nSPS) is 28.1. The molecule has 4 nitrogen and oxygen atoms in total. The second kappa shape index (κ2) is 3.77. The van der Waals surface area contributed by atoms with Crippen molar-refractivity contribution in [3.05, 3.63) is 34.5 Å². The van der Waals surface area contributed by atoms with E-state index in [-0.39, 0.29) is 13.2 Å². The maximum Gasteiger partial charge on any atom is 0.495 e. The number of allylic oxidation sites excluding steroid dienone is 3. The summed E-state index contributed by atoms with van der Waals surface area (Å²) in [6.45, 7) is 3.72. The van der Waals surface area contributed by atoms with Gasteiger partial charge < -0.3 is 19.8 Å². The van der Waals surface area contributed by atoms with Crippen LogP contribution in [0.3, 0.4) is 0 Å². The molecule has 3 rings (SSSR count). The van der Waals surface area contributed by atoms with Gasteiger partial charge in [0, 0.05) is 6.54 Å². The Morgan fingerprint density at radius 3 is 3.19 bits per heavy atom. The molecule has 3 heterocycles. The van der Waals surface area contributed by atoms with Crippen molar-refractivity contribution in [2.45, 2.75) is 13.0 Å². The van der Waals surface area contributed by atoms with Gasteiger partial charge in [0.15, 0.2) is 0 Å². The molecule has 0 fully saturated rings. The zero-order valence-corrected chi connectivity index (χ0v) is 9.23. The maximum atomic E-state index is 5.81. The summed E-state index contributed by atoms with van der Waals surface area (Å²) in [6.07, 6.45) is 3.68. The van der Waals surface area contributed by atoms with Crippen LogP contribution in [0.2, 0.25) is 0 Å². The van der Waals surface area contributed by atoms with Gasteiger partial charge in [-0.15, -0.1) is 0 Å². The molecule has 0 unspecified atom stereocenters. The van der Waals surface area contributed by atoms with E-state index in [1.165, 1.54) is 16.7 Å². The van der Waals surface area contributed by atoms with Gasteiger partial charge in [-0.3, -0.25) is 0 Å². The highest BCUT2D eigenvalue weighted by Gasteiger charge is 2.42. The predicted octanol–water partition coefficient (Wildman–Crippen LogP) is 0.559. The minimum atomic E-state index is -0.256. The van der Waals surface area contributed by atoms with Gasteiger partial charge in [0.25, 0.3) is 0 Å². The highest BCUT2D eigenvalue weighted by molar-refractivity contribution is 6.57. The molecule has 0 amide bonds. The van der Waals surface area contributed by atoms with Crippen molar-refractivity contribution >= 4 is 7.12 Å². The summed E-state index contributed by atoms with van der Waals surface area (Å²) >= 11 is 0. The lowest BCUT2D eigenvalue weighted by Gasteiger charge is -2.28. The molecular formula is C11H14BNO3. The topological polar surface area (TPSA) is 53.7 Å². The summed E-state index contributed by atoms with van der Waals surface area (Å²) in [7, 11) is -0.256. The van der Waals surface area contributed by atoms with E-state index in [2.05, 4.69) is 6.92 Å². The zero-order valence-electron chi connectivity index (χ0n) is 9.23. The molecule has 0 saturated heterocycles. The van der Waals surface area contributed by atoms with Gasteiger partial charge >= 0.3 is 7.12 Å². The third-order valence-electron chi connectivity index (χ3n) is 3.31. The van der Waals surface area contributed by atoms with Crippen LogP contribution < -0.4 is 5.73 Å². The number of rotatable bonds is 1. The largest absolute Gasteiger partial charge is 0.497 e. The fourth-order valence-corrected chi connectivity index (χ4v) is 2.40. The van der Waals surface area contributed by atoms with Crippen LogP contribution in [0.4, 0.5) is 0 Å².